The maximum Gasteiger partial charge on any atom is 0.217 e. The van der Waals surface area contributed by atoms with Gasteiger partial charge in [0, 0.05) is 0 Å². The van der Waals surface area contributed by atoms with Crippen LogP contribution in [-0.4, -0.2) is 26.5 Å². The van der Waals surface area contributed by atoms with Crippen molar-refractivity contribution < 1.29 is 9.21 Å². The van der Waals surface area contributed by atoms with Gasteiger partial charge in [-0.2, -0.15) is 0 Å². The molecule has 3 rings (SSSR count). The van der Waals surface area contributed by atoms with Crippen molar-refractivity contribution in [1.82, 2.24) is 20.2 Å². The van der Waals surface area contributed by atoms with Crippen LogP contribution in [0.2, 0.25) is 0 Å². The zero-order valence-electron chi connectivity index (χ0n) is 9.65. The summed E-state index contributed by atoms with van der Waals surface area (Å²) in [6.45, 7) is 0. The van der Waals surface area contributed by atoms with Crippen LogP contribution in [-0.2, 0) is 0 Å². The van der Waals surface area contributed by atoms with Gasteiger partial charge < -0.3 is 4.42 Å². The molecular formula is C11H12N4O2S. The van der Waals surface area contributed by atoms with Gasteiger partial charge in [0.25, 0.3) is 0 Å². The van der Waals surface area contributed by atoms with Crippen LogP contribution in [0, 0.1) is 0 Å². The Morgan fingerprint density at radius 3 is 2.94 bits per heavy atom. The second kappa shape index (κ2) is 4.93. The largest absolute Gasteiger partial charge is 0.447 e. The van der Waals surface area contributed by atoms with Gasteiger partial charge in [-0.05, 0) is 47.2 Å². The van der Waals surface area contributed by atoms with Crippen LogP contribution in [0.15, 0.2) is 26.8 Å². The molecule has 2 heterocycles. The van der Waals surface area contributed by atoms with Gasteiger partial charge >= 0.3 is 0 Å². The summed E-state index contributed by atoms with van der Waals surface area (Å²) in [6.07, 6.45) is 5.38. The maximum atomic E-state index is 10.5. The Morgan fingerprint density at radius 2 is 2.22 bits per heavy atom. The Hall–Kier alpha value is -1.63. The molecule has 2 aromatic heterocycles. The summed E-state index contributed by atoms with van der Waals surface area (Å²) < 4.78 is 7.17. The summed E-state index contributed by atoms with van der Waals surface area (Å²) in [5.41, 5.74) is 0. The summed E-state index contributed by atoms with van der Waals surface area (Å²) in [6, 6.07) is 3.78. The quantitative estimate of drug-likeness (QED) is 0.789. The highest BCUT2D eigenvalue weighted by Gasteiger charge is 2.22. The standard InChI is InChI=1S/C11H12N4O2S/c16-7-9-5-6-10(17-9)18-11-12-13-14-15(11)8-3-1-2-4-8/h5-8H,1-4H2. The second-order valence-electron chi connectivity index (χ2n) is 4.22. The van der Waals surface area contributed by atoms with E-state index in [1.54, 1.807) is 12.1 Å². The Kier molecular flexibility index (Phi) is 3.14. The van der Waals surface area contributed by atoms with E-state index in [4.69, 9.17) is 4.42 Å². The first-order chi connectivity index (χ1) is 8.86. The fourth-order valence-corrected chi connectivity index (χ4v) is 2.98. The number of rotatable bonds is 4. The third kappa shape index (κ3) is 2.17. The SMILES string of the molecule is O=Cc1ccc(Sc2nnnn2C2CCCC2)o1. The van der Waals surface area contributed by atoms with Crippen LogP contribution in [0.3, 0.4) is 0 Å². The van der Waals surface area contributed by atoms with Crippen molar-refractivity contribution in [3.05, 3.63) is 17.9 Å². The highest BCUT2D eigenvalue weighted by molar-refractivity contribution is 7.99. The number of nitrogens with zero attached hydrogens (tertiary/aromatic N) is 4. The first kappa shape index (κ1) is 11.5. The lowest BCUT2D eigenvalue weighted by Crippen LogP contribution is -2.08. The third-order valence-electron chi connectivity index (χ3n) is 3.04. The molecule has 18 heavy (non-hydrogen) atoms. The van der Waals surface area contributed by atoms with Gasteiger partial charge in [0.15, 0.2) is 17.1 Å². The Labute approximate surface area is 108 Å². The Bertz CT molecular complexity index is 545. The summed E-state index contributed by atoms with van der Waals surface area (Å²) >= 11 is 1.35. The van der Waals surface area contributed by atoms with Crippen molar-refractivity contribution in [3.8, 4) is 0 Å². The molecule has 0 spiro atoms. The van der Waals surface area contributed by atoms with Crippen molar-refractivity contribution in [1.29, 1.82) is 0 Å². The van der Waals surface area contributed by atoms with Gasteiger partial charge in [0.1, 0.15) is 0 Å². The molecule has 94 valence electrons. The number of hydrogen-bond donors (Lipinski definition) is 0. The van der Waals surface area contributed by atoms with Crippen LogP contribution in [0.1, 0.15) is 42.3 Å². The molecule has 0 amide bonds. The van der Waals surface area contributed by atoms with Crippen molar-refractivity contribution >= 4 is 18.0 Å². The molecule has 1 aliphatic rings. The average Bonchev–Trinajstić information content (AvgIpc) is 3.09. The van der Waals surface area contributed by atoms with E-state index in [2.05, 4.69) is 15.5 Å². The smallest absolute Gasteiger partial charge is 0.217 e. The molecule has 0 aromatic carbocycles. The van der Waals surface area contributed by atoms with Gasteiger partial charge in [-0.15, -0.1) is 5.10 Å². The van der Waals surface area contributed by atoms with Crippen molar-refractivity contribution in [2.75, 3.05) is 0 Å². The molecule has 0 N–H and O–H groups in total. The summed E-state index contributed by atoms with van der Waals surface area (Å²) in [5, 5.41) is 13.1. The predicted molar refractivity (Wildman–Crippen MR) is 63.5 cm³/mol. The van der Waals surface area contributed by atoms with E-state index in [9.17, 15) is 4.79 Å². The molecule has 2 aromatic rings. The van der Waals surface area contributed by atoms with Gasteiger partial charge in [0.05, 0.1) is 6.04 Å². The topological polar surface area (TPSA) is 73.8 Å². The Balaban J connectivity index is 1.79. The van der Waals surface area contributed by atoms with Crippen molar-refractivity contribution in [2.45, 2.75) is 42.0 Å². The summed E-state index contributed by atoms with van der Waals surface area (Å²) in [5.74, 6) is 0.317. The van der Waals surface area contributed by atoms with Gasteiger partial charge in [-0.1, -0.05) is 12.8 Å². The molecule has 7 heteroatoms. The zero-order valence-corrected chi connectivity index (χ0v) is 10.5. The molecule has 0 aliphatic heterocycles. The first-order valence-corrected chi connectivity index (χ1v) is 6.69. The molecule has 0 unspecified atom stereocenters. The first-order valence-electron chi connectivity index (χ1n) is 5.87. The van der Waals surface area contributed by atoms with Crippen LogP contribution < -0.4 is 0 Å². The lowest BCUT2D eigenvalue weighted by Gasteiger charge is -2.09. The third-order valence-corrected chi connectivity index (χ3v) is 3.92. The number of aromatic nitrogens is 4. The molecule has 6 nitrogen and oxygen atoms in total. The molecule has 1 saturated carbocycles. The molecule has 0 bridgehead atoms. The van der Waals surface area contributed by atoms with Crippen molar-refractivity contribution in [2.24, 2.45) is 0 Å². The number of aldehydes is 1. The minimum absolute atomic E-state index is 0.317. The number of carbonyl (C=O) groups excluding carboxylic acids is 1. The van der Waals surface area contributed by atoms with E-state index in [0.29, 0.717) is 28.3 Å². The van der Waals surface area contributed by atoms with Crippen LogP contribution in [0.5, 0.6) is 0 Å². The van der Waals surface area contributed by atoms with E-state index in [-0.39, 0.29) is 0 Å². The zero-order chi connectivity index (χ0) is 12.4. The molecule has 0 radical (unpaired) electrons. The Morgan fingerprint density at radius 1 is 1.39 bits per heavy atom. The monoisotopic (exact) mass is 264 g/mol. The summed E-state index contributed by atoms with van der Waals surface area (Å²) in [7, 11) is 0. The minimum Gasteiger partial charge on any atom is -0.447 e. The number of furan rings is 1. The molecule has 0 atom stereocenters. The number of tetrazole rings is 1. The highest BCUT2D eigenvalue weighted by atomic mass is 32.2. The van der Waals surface area contributed by atoms with Crippen LogP contribution in [0.25, 0.3) is 0 Å². The van der Waals surface area contributed by atoms with E-state index < -0.39 is 0 Å². The second-order valence-corrected chi connectivity index (χ2v) is 5.19. The molecule has 1 fully saturated rings. The lowest BCUT2D eigenvalue weighted by atomic mass is 10.3. The van der Waals surface area contributed by atoms with Crippen molar-refractivity contribution in [3.63, 3.8) is 0 Å². The predicted octanol–water partition coefficient (Wildman–Crippen LogP) is 2.34. The van der Waals surface area contributed by atoms with Gasteiger partial charge in [-0.25, -0.2) is 4.68 Å². The highest BCUT2D eigenvalue weighted by Crippen LogP contribution is 2.34. The number of hydrogen-bond acceptors (Lipinski definition) is 6. The normalized spacial score (nSPS) is 16.2. The fraction of sp³-hybridized carbons (Fsp3) is 0.455. The minimum atomic E-state index is 0.317. The molecule has 1 aliphatic carbocycles. The summed E-state index contributed by atoms with van der Waals surface area (Å²) in [4.78, 5) is 10.5. The molecular weight excluding hydrogens is 252 g/mol. The van der Waals surface area contributed by atoms with E-state index in [1.165, 1.54) is 24.6 Å². The lowest BCUT2D eigenvalue weighted by molar-refractivity contribution is 0.109. The van der Waals surface area contributed by atoms with Crippen LogP contribution in [0.4, 0.5) is 0 Å². The maximum absolute atomic E-state index is 10.5. The van der Waals surface area contributed by atoms with E-state index >= 15 is 0 Å². The van der Waals surface area contributed by atoms with E-state index in [1.807, 2.05) is 4.68 Å². The fourth-order valence-electron chi connectivity index (χ4n) is 2.17. The number of carbonyl (C=O) groups is 1. The average molecular weight is 264 g/mol. The van der Waals surface area contributed by atoms with Gasteiger partial charge in [-0.3, -0.25) is 4.79 Å². The van der Waals surface area contributed by atoms with Gasteiger partial charge in [0.2, 0.25) is 5.16 Å². The van der Waals surface area contributed by atoms with Crippen LogP contribution >= 0.6 is 11.8 Å². The van der Waals surface area contributed by atoms with E-state index in [0.717, 1.165) is 12.8 Å². The molecule has 0 saturated heterocycles.